The van der Waals surface area contributed by atoms with Crippen molar-refractivity contribution in [2.45, 2.75) is 45.3 Å². The van der Waals surface area contributed by atoms with Crippen molar-refractivity contribution in [3.8, 4) is 23.4 Å². The summed E-state index contributed by atoms with van der Waals surface area (Å²) in [6, 6.07) is 17.2. The van der Waals surface area contributed by atoms with Crippen molar-refractivity contribution in [3.63, 3.8) is 0 Å². The molecule has 0 saturated heterocycles. The summed E-state index contributed by atoms with van der Waals surface area (Å²) in [5, 5.41) is 53.6. The molecule has 0 radical (unpaired) electrons. The standard InChI is InChI=1S/C47H41N11O16S5/c1-5-30-35(6-2)58-44(50-30)29(22-48)24(4)40(46(58)61)55-52-32-15-13-26-28(43(32)79(71,72)73)20-39(78(68,69)70)41(42(26)59)56-54-34-18-23(3)33(21-36(34)74-16-9-17-76(62,63)64)53-57-47-51-31-14-12-25(19-37(31)75-47)49-45(60)27-10-7-8-11-38(27)77(65,66)67/h5-8,10-15,18-21,47,51,53,57,59,61H,1-2,9,16-17H2,3-4H3,(H,49,60)(H,62,63,64)(H,65,66,67)(H,68,69,70)(H,71,72,73). The molecule has 410 valence electrons. The molecule has 5 aromatic carbocycles. The lowest BCUT2D eigenvalue weighted by atomic mass is 10.1. The van der Waals surface area contributed by atoms with E-state index in [0.29, 0.717) is 33.6 Å². The molecule has 0 bridgehead atoms. The molecule has 32 heteroatoms. The number of rotatable bonds is 19. The van der Waals surface area contributed by atoms with Gasteiger partial charge in [0.05, 0.1) is 35.0 Å². The number of hydrazine groups is 1. The van der Waals surface area contributed by atoms with Gasteiger partial charge >= 0.3 is 0 Å². The fourth-order valence-electron chi connectivity index (χ4n) is 8.05. The van der Waals surface area contributed by atoms with E-state index in [9.17, 15) is 72.2 Å². The van der Waals surface area contributed by atoms with Crippen LogP contribution in [0.15, 0.2) is 126 Å². The minimum atomic E-state index is -5.46. The van der Waals surface area contributed by atoms with E-state index in [0.717, 1.165) is 22.6 Å². The molecule has 0 spiro atoms. The highest BCUT2D eigenvalue weighted by atomic mass is 32.2. The summed E-state index contributed by atoms with van der Waals surface area (Å²) in [7, 11) is -20.0. The van der Waals surface area contributed by atoms with Crippen molar-refractivity contribution in [1.29, 1.82) is 5.26 Å². The number of anilines is 3. The van der Waals surface area contributed by atoms with Crippen molar-refractivity contribution in [2.75, 3.05) is 28.4 Å². The number of imidazole rings is 1. The van der Waals surface area contributed by atoms with Crippen LogP contribution in [0.1, 0.15) is 44.9 Å². The number of aromatic hydroxyl groups is 2. The van der Waals surface area contributed by atoms with Gasteiger partial charge < -0.3 is 31.0 Å². The smallest absolute Gasteiger partial charge is 0.297 e. The zero-order valence-corrected chi connectivity index (χ0v) is 44.7. The molecular weight excluding hydrogens is 1130 g/mol. The first-order chi connectivity index (χ1) is 37.1. The van der Waals surface area contributed by atoms with Gasteiger partial charge in [-0.3, -0.25) is 27.4 Å². The average molecular weight is 1180 g/mol. The van der Waals surface area contributed by atoms with E-state index in [1.54, 1.807) is 25.1 Å². The van der Waals surface area contributed by atoms with Crippen LogP contribution in [0.5, 0.6) is 17.4 Å². The number of amides is 1. The van der Waals surface area contributed by atoms with Crippen LogP contribution in [0.2, 0.25) is 0 Å². The number of phenols is 1. The van der Waals surface area contributed by atoms with Crippen LogP contribution in [0.25, 0.3) is 28.6 Å². The van der Waals surface area contributed by atoms with Crippen LogP contribution in [0.3, 0.4) is 0 Å². The number of carbonyl (C=O) groups excluding carboxylic acids is 1. The van der Waals surface area contributed by atoms with Gasteiger partial charge in [-0.25, -0.2) is 10.4 Å². The predicted octanol–water partition coefficient (Wildman–Crippen LogP) is 8.57. The average Bonchev–Trinajstić information content (AvgIpc) is 4.22. The van der Waals surface area contributed by atoms with Crippen molar-refractivity contribution in [3.05, 3.63) is 120 Å². The molecule has 10 N–H and O–H groups in total. The molecule has 1 unspecified atom stereocenters. The van der Waals surface area contributed by atoms with Crippen molar-refractivity contribution in [1.82, 2.24) is 14.8 Å². The lowest BCUT2D eigenvalue weighted by Gasteiger charge is -2.18. The Morgan fingerprint density at radius 3 is 2.20 bits per heavy atom. The molecule has 3 heterocycles. The largest absolute Gasteiger partial charge is 0.505 e. The number of carbonyl (C=O) groups is 1. The lowest BCUT2D eigenvalue weighted by molar-refractivity contribution is 0.102. The summed E-state index contributed by atoms with van der Waals surface area (Å²) in [5.41, 5.74) is 5.16. The van der Waals surface area contributed by atoms with Crippen molar-refractivity contribution in [2.24, 2.45) is 20.5 Å². The number of nitrogens with one attached hydrogen (secondary N) is 4. The summed E-state index contributed by atoms with van der Waals surface area (Å²) in [4.78, 5) is 15.1. The Bertz CT molecular complexity index is 4330. The fraction of sp³-hybridized carbons (Fsp3) is 0.128. The van der Waals surface area contributed by atoms with Gasteiger partial charge in [-0.2, -0.15) is 38.9 Å². The molecule has 2 aromatic heterocycles. The molecule has 0 saturated carbocycles. The lowest BCUT2D eigenvalue weighted by Crippen LogP contribution is -2.35. The molecule has 1 atom stereocenters. The Balaban J connectivity index is 1.11. The Kier molecular flexibility index (Phi) is 15.7. The first kappa shape index (κ1) is 56.8. The van der Waals surface area contributed by atoms with Gasteiger partial charge in [-0.05, 0) is 92.6 Å². The van der Waals surface area contributed by atoms with Crippen molar-refractivity contribution < 1.29 is 71.6 Å². The molecule has 27 nitrogen and oxygen atoms in total. The van der Waals surface area contributed by atoms with Gasteiger partial charge in [0.1, 0.15) is 54.6 Å². The zero-order valence-electron chi connectivity index (χ0n) is 40.6. The number of thioether (sulfide) groups is 1. The number of fused-ring (bicyclic) bond motifs is 3. The fourth-order valence-corrected chi connectivity index (χ4v) is 11.7. The maximum absolute atomic E-state index is 13.1. The number of benzene rings is 5. The van der Waals surface area contributed by atoms with E-state index in [1.165, 1.54) is 61.2 Å². The highest BCUT2D eigenvalue weighted by molar-refractivity contribution is 8.00. The first-order valence-corrected chi connectivity index (χ1v) is 29.2. The summed E-state index contributed by atoms with van der Waals surface area (Å²) < 4.78 is 146. The van der Waals surface area contributed by atoms with Gasteiger partial charge in [0.2, 0.25) is 5.88 Å². The van der Waals surface area contributed by atoms with Crippen LogP contribution in [-0.2, 0) is 40.5 Å². The van der Waals surface area contributed by atoms with Crippen LogP contribution < -0.4 is 26.2 Å². The predicted molar refractivity (Wildman–Crippen MR) is 288 cm³/mol. The maximum Gasteiger partial charge on any atom is 0.297 e. The summed E-state index contributed by atoms with van der Waals surface area (Å²) in [6.45, 7) is 10.0. The summed E-state index contributed by atoms with van der Waals surface area (Å²) >= 11 is 1.26. The van der Waals surface area contributed by atoms with E-state index < -0.39 is 106 Å². The number of ether oxygens (including phenoxy) is 1. The SMILES string of the molecule is C=Cc1nc2c(C#N)c(C)c(N=Nc3ccc4c(O)c(N=Nc5cc(C)c(NNC6Nc7ccc(NC(=O)c8ccccc8S(=O)(=O)O)cc7S6)cc5OCCCS(=O)(=O)O)c(S(=O)(=O)O)cc4c3S(=O)(=O)O)c(O)n2c1C=C. The minimum absolute atomic E-state index is 0.00506. The second kappa shape index (κ2) is 21.8. The van der Waals surface area contributed by atoms with Crippen LogP contribution in [0.4, 0.5) is 39.8 Å². The van der Waals surface area contributed by atoms with Crippen LogP contribution in [-0.4, -0.2) is 95.2 Å². The number of aromatic nitrogens is 2. The van der Waals surface area contributed by atoms with Crippen molar-refractivity contribution >= 4 is 127 Å². The number of hydrogen-bond donors (Lipinski definition) is 10. The number of phenolic OH excluding ortho intramolecular Hbond substituents is 1. The van der Waals surface area contributed by atoms with Gasteiger partial charge in [0.25, 0.3) is 46.4 Å². The summed E-state index contributed by atoms with van der Waals surface area (Å²) in [6.07, 6.45) is 2.44. The van der Waals surface area contributed by atoms with E-state index in [4.69, 9.17) is 4.74 Å². The van der Waals surface area contributed by atoms with Crippen LogP contribution >= 0.6 is 11.8 Å². The molecule has 7 aromatic rings. The Morgan fingerprint density at radius 2 is 1.54 bits per heavy atom. The molecule has 79 heavy (non-hydrogen) atoms. The molecule has 1 amide bonds. The number of aryl methyl sites for hydroxylation is 1. The number of nitriles is 1. The van der Waals surface area contributed by atoms with E-state index >= 15 is 0 Å². The van der Waals surface area contributed by atoms with Gasteiger partial charge in [0, 0.05) is 38.7 Å². The minimum Gasteiger partial charge on any atom is -0.505 e. The molecular formula is C47H41N11O16S5. The topological polar surface area (TPSA) is 423 Å². The summed E-state index contributed by atoms with van der Waals surface area (Å²) in [5.74, 6) is -3.32. The first-order valence-electron chi connectivity index (χ1n) is 22.4. The van der Waals surface area contributed by atoms with E-state index in [2.05, 4.69) is 60.1 Å². The third-order valence-electron chi connectivity index (χ3n) is 11.7. The number of hydrogen-bond acceptors (Lipinski definition) is 22. The zero-order chi connectivity index (χ0) is 57.5. The van der Waals surface area contributed by atoms with E-state index in [-0.39, 0.29) is 63.9 Å². The quantitative estimate of drug-likeness (QED) is 0.0157. The van der Waals surface area contributed by atoms with Gasteiger partial charge in [-0.1, -0.05) is 37.1 Å². The van der Waals surface area contributed by atoms with Gasteiger partial charge in [0.15, 0.2) is 17.1 Å². The second-order valence-corrected chi connectivity index (χ2v) is 23.7. The monoisotopic (exact) mass is 1180 g/mol. The maximum atomic E-state index is 13.1. The Labute approximate surface area is 453 Å². The molecule has 1 aliphatic heterocycles. The molecule has 0 fully saturated rings. The highest BCUT2D eigenvalue weighted by Gasteiger charge is 2.30. The number of azo groups is 2. The molecule has 8 rings (SSSR count). The van der Waals surface area contributed by atoms with E-state index in [1.807, 2.05) is 6.07 Å². The Morgan fingerprint density at radius 1 is 0.848 bits per heavy atom. The second-order valence-electron chi connectivity index (χ2n) is 16.8. The van der Waals surface area contributed by atoms with Gasteiger partial charge in [-0.15, -0.1) is 20.5 Å². The third-order valence-corrected chi connectivity index (χ3v) is 16.3. The normalized spacial score (nSPS) is 13.9. The molecule has 1 aliphatic rings. The van der Waals surface area contributed by atoms with Crippen LogP contribution in [0, 0.1) is 25.2 Å². The third kappa shape index (κ3) is 11.9. The number of nitrogens with zero attached hydrogens (tertiary/aromatic N) is 7. The highest BCUT2D eigenvalue weighted by Crippen LogP contribution is 2.47. The Hall–Kier alpha value is -8.36. The number of pyridine rings is 1. The molecule has 0 aliphatic carbocycles.